The van der Waals surface area contributed by atoms with E-state index in [0.717, 1.165) is 109 Å². The van der Waals surface area contributed by atoms with Crippen molar-refractivity contribution in [2.24, 2.45) is 63.5 Å². The summed E-state index contributed by atoms with van der Waals surface area (Å²) < 4.78 is 6.37. The molecule has 4 saturated carbocycles. The highest BCUT2D eigenvalue weighted by atomic mass is 16.5. The fourth-order valence-corrected chi connectivity index (χ4v) is 11.4. The molecule has 0 radical (unpaired) electrons. The molecule has 0 saturated heterocycles. The van der Waals surface area contributed by atoms with Gasteiger partial charge in [-0.05, 0) is 156 Å². The van der Waals surface area contributed by atoms with Crippen molar-refractivity contribution >= 4 is 11.8 Å². The number of nitrogens with two attached hydrogens (primary N) is 3. The zero-order valence-corrected chi connectivity index (χ0v) is 30.9. The lowest BCUT2D eigenvalue weighted by Gasteiger charge is -2.65. The lowest BCUT2D eigenvalue weighted by atomic mass is 9.42. The number of nitrogens with one attached hydrogen (secondary N) is 2. The van der Waals surface area contributed by atoms with Gasteiger partial charge in [0.15, 0.2) is 0 Å². The van der Waals surface area contributed by atoms with Gasteiger partial charge in [0.1, 0.15) is 0 Å². The first kappa shape index (κ1) is 39.5. The Hall–Kier alpha value is -1.26. The summed E-state index contributed by atoms with van der Waals surface area (Å²) in [6, 6.07) is 0.248. The van der Waals surface area contributed by atoms with Crippen LogP contribution >= 0.6 is 0 Å². The zero-order valence-electron chi connectivity index (χ0n) is 30.9. The largest absolute Gasteiger partial charge is 0.396 e. The zero-order chi connectivity index (χ0) is 34.7. The van der Waals surface area contributed by atoms with Crippen LogP contribution in [0, 0.1) is 46.3 Å². The Balaban J connectivity index is 1.65. The fraction of sp³-hybridized carbons (Fsp3) is 0.949. The van der Waals surface area contributed by atoms with Gasteiger partial charge in [-0.2, -0.15) is 0 Å². The number of aliphatic hydroxyl groups is 1. The van der Waals surface area contributed by atoms with Gasteiger partial charge >= 0.3 is 0 Å². The first-order valence-electron chi connectivity index (χ1n) is 20.0. The van der Waals surface area contributed by atoms with E-state index in [-0.39, 0.29) is 47.4 Å². The molecule has 9 nitrogen and oxygen atoms in total. The van der Waals surface area contributed by atoms with E-state index in [2.05, 4.69) is 31.4 Å². The van der Waals surface area contributed by atoms with E-state index in [4.69, 9.17) is 21.9 Å². The van der Waals surface area contributed by atoms with Crippen molar-refractivity contribution in [2.45, 2.75) is 155 Å². The number of hydrogen-bond acceptors (Lipinski definition) is 7. The average molecular weight is 676 g/mol. The second-order valence-electron chi connectivity index (χ2n) is 16.8. The third-order valence-corrected chi connectivity index (χ3v) is 14.0. The van der Waals surface area contributed by atoms with Gasteiger partial charge in [-0.3, -0.25) is 9.59 Å². The molecule has 0 heterocycles. The Labute approximate surface area is 292 Å². The van der Waals surface area contributed by atoms with E-state index in [1.807, 2.05) is 0 Å². The Morgan fingerprint density at radius 2 is 1.48 bits per heavy atom. The van der Waals surface area contributed by atoms with Crippen LogP contribution < -0.4 is 27.8 Å². The van der Waals surface area contributed by atoms with Gasteiger partial charge in [0.2, 0.25) is 11.8 Å². The van der Waals surface area contributed by atoms with Gasteiger partial charge in [-0.1, -0.05) is 33.6 Å². The van der Waals surface area contributed by atoms with Crippen molar-refractivity contribution < 1.29 is 19.4 Å². The van der Waals surface area contributed by atoms with Crippen LogP contribution in [-0.4, -0.2) is 68.0 Å². The molecule has 4 fully saturated rings. The van der Waals surface area contributed by atoms with Crippen molar-refractivity contribution in [3.8, 4) is 0 Å². The lowest BCUT2D eigenvalue weighted by Crippen LogP contribution is -2.67. The van der Waals surface area contributed by atoms with Gasteiger partial charge < -0.3 is 37.7 Å². The highest BCUT2D eigenvalue weighted by Gasteiger charge is 2.66. The molecule has 9 N–H and O–H groups in total. The summed E-state index contributed by atoms with van der Waals surface area (Å²) in [5.41, 5.74) is 17.3. The Kier molecular flexibility index (Phi) is 15.5. The minimum atomic E-state index is -0.0568. The van der Waals surface area contributed by atoms with Crippen LogP contribution in [0.4, 0.5) is 0 Å². The monoisotopic (exact) mass is 676 g/mol. The summed E-state index contributed by atoms with van der Waals surface area (Å²) in [7, 11) is 0. The number of hydrogen-bond donors (Lipinski definition) is 6. The maximum absolute atomic E-state index is 13.6. The number of unbranched alkanes of at least 4 members (excludes halogenated alkanes) is 4. The molecule has 278 valence electrons. The van der Waals surface area contributed by atoms with E-state index >= 15 is 0 Å². The van der Waals surface area contributed by atoms with E-state index in [9.17, 15) is 14.7 Å². The summed E-state index contributed by atoms with van der Waals surface area (Å²) in [4.78, 5) is 27.2. The number of ether oxygens (including phenoxy) is 1. The molecular formula is C39H73N5O4. The normalized spacial score (nSPS) is 36.5. The molecule has 0 aromatic carbocycles. The van der Waals surface area contributed by atoms with E-state index in [1.54, 1.807) is 0 Å². The second-order valence-corrected chi connectivity index (χ2v) is 16.8. The SMILES string of the molecule is C[C@H](CCCO)[C@H]1CC[C@H]2C3[C@H](NC(=O)CCCCCN)CC4C[C@H](OCCCN)CC[C@]4(C)[C@H]3C[C@H](NC(=O)CCCCCN)[C@]12C. The topological polar surface area (TPSA) is 166 Å². The number of amides is 2. The Morgan fingerprint density at radius 1 is 0.812 bits per heavy atom. The van der Waals surface area contributed by atoms with Crippen molar-refractivity contribution in [1.82, 2.24) is 10.6 Å². The Bertz CT molecular complexity index is 999. The molecule has 0 aromatic heterocycles. The molecule has 4 aliphatic carbocycles. The van der Waals surface area contributed by atoms with Gasteiger partial charge in [0.25, 0.3) is 0 Å². The van der Waals surface area contributed by atoms with Crippen LogP contribution in [0.25, 0.3) is 0 Å². The van der Waals surface area contributed by atoms with Crippen LogP contribution in [-0.2, 0) is 14.3 Å². The number of carbonyl (C=O) groups is 2. The molecule has 0 bridgehead atoms. The first-order chi connectivity index (χ1) is 23.1. The van der Waals surface area contributed by atoms with Crippen LogP contribution in [0.3, 0.4) is 0 Å². The molecule has 11 atom stereocenters. The molecule has 4 rings (SSSR count). The predicted molar refractivity (Wildman–Crippen MR) is 194 cm³/mol. The fourth-order valence-electron chi connectivity index (χ4n) is 11.4. The molecule has 0 aliphatic heterocycles. The average Bonchev–Trinajstić information content (AvgIpc) is 3.43. The van der Waals surface area contributed by atoms with Crippen LogP contribution in [0.5, 0.6) is 0 Å². The van der Waals surface area contributed by atoms with E-state index in [1.165, 1.54) is 0 Å². The summed E-state index contributed by atoms with van der Waals surface area (Å²) in [6.07, 6.45) is 17.3. The van der Waals surface area contributed by atoms with Gasteiger partial charge in [0.05, 0.1) is 6.10 Å². The van der Waals surface area contributed by atoms with Gasteiger partial charge in [-0.25, -0.2) is 0 Å². The first-order valence-corrected chi connectivity index (χ1v) is 20.0. The molecule has 0 aromatic rings. The standard InChI is InChI=1S/C39H73N5O4/c1-27(12-10-22-45)30-15-16-31-37-32(26-34(39(30,31)3)44-36(47)14-7-5-9-20-41)38(2)18-17-29(48-23-11-21-42)24-28(38)25-33(37)43-35(46)13-6-4-8-19-40/h27-34,37,45H,4-26,40-42H2,1-3H3,(H,43,46)(H,44,47)/t27-,28?,29-,30-,31+,32+,33-,34+,37?,38+,39-/m1/s1. The molecule has 4 aliphatic rings. The molecule has 2 unspecified atom stereocenters. The minimum absolute atomic E-state index is 0.0568. The Morgan fingerprint density at radius 3 is 2.12 bits per heavy atom. The number of aliphatic hydroxyl groups excluding tert-OH is 1. The van der Waals surface area contributed by atoms with Gasteiger partial charge in [0, 0.05) is 38.1 Å². The number of fused-ring (bicyclic) bond motifs is 5. The van der Waals surface area contributed by atoms with Crippen molar-refractivity contribution in [1.29, 1.82) is 0 Å². The second kappa shape index (κ2) is 18.8. The van der Waals surface area contributed by atoms with Crippen LogP contribution in [0.2, 0.25) is 0 Å². The lowest BCUT2D eigenvalue weighted by molar-refractivity contribution is -0.163. The molecular weight excluding hydrogens is 602 g/mol. The third-order valence-electron chi connectivity index (χ3n) is 14.0. The molecule has 9 heteroatoms. The van der Waals surface area contributed by atoms with E-state index in [0.29, 0.717) is 68.0 Å². The van der Waals surface area contributed by atoms with Crippen molar-refractivity contribution in [3.05, 3.63) is 0 Å². The third kappa shape index (κ3) is 9.15. The summed E-state index contributed by atoms with van der Waals surface area (Å²) >= 11 is 0. The number of rotatable bonds is 20. The molecule has 0 spiro atoms. The smallest absolute Gasteiger partial charge is 0.220 e. The van der Waals surface area contributed by atoms with E-state index < -0.39 is 0 Å². The predicted octanol–water partition coefficient (Wildman–Crippen LogP) is 5.02. The summed E-state index contributed by atoms with van der Waals surface area (Å²) in [6.45, 7) is 10.3. The van der Waals surface area contributed by atoms with Gasteiger partial charge in [-0.15, -0.1) is 0 Å². The highest BCUT2D eigenvalue weighted by Crippen LogP contribution is 2.68. The summed E-state index contributed by atoms with van der Waals surface area (Å²) in [5.74, 6) is 3.03. The quantitative estimate of drug-likeness (QED) is 0.0987. The highest BCUT2D eigenvalue weighted by molar-refractivity contribution is 5.77. The summed E-state index contributed by atoms with van der Waals surface area (Å²) in [5, 5.41) is 17.0. The minimum Gasteiger partial charge on any atom is -0.396 e. The van der Waals surface area contributed by atoms with Crippen LogP contribution in [0.1, 0.15) is 136 Å². The maximum Gasteiger partial charge on any atom is 0.220 e. The maximum atomic E-state index is 13.6. The molecule has 48 heavy (non-hydrogen) atoms. The van der Waals surface area contributed by atoms with Crippen LogP contribution in [0.15, 0.2) is 0 Å². The van der Waals surface area contributed by atoms with Crippen molar-refractivity contribution in [2.75, 3.05) is 32.8 Å². The van der Waals surface area contributed by atoms with Crippen molar-refractivity contribution in [3.63, 3.8) is 0 Å². The number of carbonyl (C=O) groups excluding carboxylic acids is 2. The molecule has 2 amide bonds.